The molecule has 2 aromatic carbocycles. The second-order valence-electron chi connectivity index (χ2n) is 10.5. The van der Waals surface area contributed by atoms with Crippen LogP contribution >= 0.6 is 22.7 Å². The van der Waals surface area contributed by atoms with Gasteiger partial charge in [-0.2, -0.15) is 18.3 Å². The zero-order valence-corrected chi connectivity index (χ0v) is 25.7. The number of alkyl halides is 3. The van der Waals surface area contributed by atoms with E-state index in [1.54, 1.807) is 6.20 Å². The lowest BCUT2D eigenvalue weighted by atomic mass is 10.1. The van der Waals surface area contributed by atoms with Crippen molar-refractivity contribution in [1.29, 1.82) is 0 Å². The molecule has 1 aliphatic heterocycles. The van der Waals surface area contributed by atoms with Crippen molar-refractivity contribution in [2.75, 3.05) is 33.9 Å². The van der Waals surface area contributed by atoms with E-state index in [9.17, 15) is 22.8 Å². The van der Waals surface area contributed by atoms with Crippen LogP contribution in [0.2, 0.25) is 0 Å². The molecule has 4 heterocycles. The number of hydrogen-bond acceptors (Lipinski definition) is 11. The first kappa shape index (κ1) is 31.1. The third-order valence-electron chi connectivity index (χ3n) is 7.11. The number of rotatable bonds is 10. The Morgan fingerprint density at radius 1 is 0.826 bits per heavy atom. The summed E-state index contributed by atoms with van der Waals surface area (Å²) in [5, 5.41) is 31.8. The topological polar surface area (TPSA) is 143 Å². The molecule has 0 aliphatic carbocycles. The van der Waals surface area contributed by atoms with Gasteiger partial charge >= 0.3 is 6.18 Å². The first-order valence-electron chi connectivity index (χ1n) is 14.2. The Morgan fingerprint density at radius 3 is 2.26 bits per heavy atom. The number of nitrogens with one attached hydrogen (secondary N) is 3. The van der Waals surface area contributed by atoms with Gasteiger partial charge in [0.1, 0.15) is 0 Å². The molecule has 0 radical (unpaired) electrons. The van der Waals surface area contributed by atoms with Crippen LogP contribution in [0.4, 0.5) is 33.7 Å². The van der Waals surface area contributed by atoms with Crippen LogP contribution in [0.1, 0.15) is 40.0 Å². The van der Waals surface area contributed by atoms with E-state index in [1.165, 1.54) is 45.6 Å². The van der Waals surface area contributed by atoms with Gasteiger partial charge in [0.25, 0.3) is 5.91 Å². The highest BCUT2D eigenvalue weighted by atomic mass is 32.1. The minimum absolute atomic E-state index is 0.145. The molecule has 0 bridgehead atoms. The van der Waals surface area contributed by atoms with E-state index in [4.69, 9.17) is 0 Å². The van der Waals surface area contributed by atoms with Crippen molar-refractivity contribution in [1.82, 2.24) is 30.2 Å². The molecule has 1 aliphatic rings. The van der Waals surface area contributed by atoms with Gasteiger partial charge in [0.15, 0.2) is 5.69 Å². The van der Waals surface area contributed by atoms with Gasteiger partial charge in [-0.05, 0) is 42.2 Å². The average Bonchev–Trinajstić information content (AvgIpc) is 3.80. The Bertz CT molecular complexity index is 1780. The maximum atomic E-state index is 12.8. The number of anilines is 4. The second kappa shape index (κ2) is 13.6. The predicted octanol–water partition coefficient (Wildman–Crippen LogP) is 5.17. The SMILES string of the molecule is O=C(Cc1ccccc1)Nc1nnc(NC2CCN(c3nnc(NC(=O)c4ccn(Cc5ccc(C(F)(F)F)cc5)n4)s3)CC2)s1. The molecule has 0 unspecified atom stereocenters. The van der Waals surface area contributed by atoms with Gasteiger partial charge in [-0.15, -0.1) is 20.4 Å². The normalized spacial score (nSPS) is 13.8. The summed E-state index contributed by atoms with van der Waals surface area (Å²) in [6.45, 7) is 1.65. The summed E-state index contributed by atoms with van der Waals surface area (Å²) in [6.07, 6.45) is -0.928. The summed E-state index contributed by atoms with van der Waals surface area (Å²) in [5.41, 5.74) is 0.959. The summed E-state index contributed by atoms with van der Waals surface area (Å²) in [7, 11) is 0. The number of halogens is 3. The molecule has 0 spiro atoms. The predicted molar refractivity (Wildman–Crippen MR) is 168 cm³/mol. The van der Waals surface area contributed by atoms with Crippen LogP contribution in [0, 0.1) is 0 Å². The molecule has 0 saturated carbocycles. The Balaban J connectivity index is 0.947. The lowest BCUT2D eigenvalue weighted by Gasteiger charge is -2.31. The molecule has 46 heavy (non-hydrogen) atoms. The summed E-state index contributed by atoms with van der Waals surface area (Å²) >= 11 is 2.54. The van der Waals surface area contributed by atoms with Crippen molar-refractivity contribution < 1.29 is 22.8 Å². The fraction of sp³-hybridized carbons (Fsp3) is 0.276. The highest BCUT2D eigenvalue weighted by Crippen LogP contribution is 2.30. The molecular weight excluding hydrogens is 642 g/mol. The molecule has 3 aromatic heterocycles. The van der Waals surface area contributed by atoms with Crippen LogP contribution in [-0.4, -0.2) is 61.1 Å². The molecule has 1 saturated heterocycles. The Hall–Kier alpha value is -4.90. The highest BCUT2D eigenvalue weighted by Gasteiger charge is 2.30. The second-order valence-corrected chi connectivity index (χ2v) is 12.4. The van der Waals surface area contributed by atoms with E-state index in [0.717, 1.165) is 30.5 Å². The third-order valence-corrected chi connectivity index (χ3v) is 8.78. The van der Waals surface area contributed by atoms with Gasteiger partial charge in [-0.3, -0.25) is 19.6 Å². The molecule has 1 fully saturated rings. The first-order chi connectivity index (χ1) is 22.2. The largest absolute Gasteiger partial charge is 0.416 e. The van der Waals surface area contributed by atoms with Crippen molar-refractivity contribution in [3.8, 4) is 0 Å². The summed E-state index contributed by atoms with van der Waals surface area (Å²) in [5.74, 6) is -0.620. The van der Waals surface area contributed by atoms with E-state index in [0.29, 0.717) is 39.2 Å². The molecule has 17 heteroatoms. The summed E-state index contributed by atoms with van der Waals surface area (Å²) in [6, 6.07) is 16.0. The standard InChI is InChI=1S/C29H27F3N10O2S2/c30-29(31,32)20-8-6-19(7-9-20)17-42-15-12-22(40-42)24(44)35-27-38-39-28(46-27)41-13-10-21(11-14-41)33-25-36-37-26(45-25)34-23(43)16-18-4-2-1-3-5-18/h1-9,12,15,21H,10-11,13-14,16-17H2,(H,33,36)(H,34,37,43)(H,35,38,44). The van der Waals surface area contributed by atoms with Crippen molar-refractivity contribution >= 4 is 55.0 Å². The van der Waals surface area contributed by atoms with Gasteiger partial charge in [-0.1, -0.05) is 65.1 Å². The van der Waals surface area contributed by atoms with Crippen LogP contribution in [0.5, 0.6) is 0 Å². The molecule has 238 valence electrons. The van der Waals surface area contributed by atoms with E-state index in [-0.39, 0.29) is 30.6 Å². The first-order valence-corrected chi connectivity index (χ1v) is 15.8. The van der Waals surface area contributed by atoms with Crippen molar-refractivity contribution in [3.63, 3.8) is 0 Å². The zero-order chi connectivity index (χ0) is 32.1. The number of hydrogen-bond donors (Lipinski definition) is 3. The fourth-order valence-corrected chi connectivity index (χ4v) is 6.31. The molecule has 2 amide bonds. The van der Waals surface area contributed by atoms with Crippen molar-refractivity contribution in [3.05, 3.63) is 89.2 Å². The van der Waals surface area contributed by atoms with Crippen molar-refractivity contribution in [2.24, 2.45) is 0 Å². The lowest BCUT2D eigenvalue weighted by molar-refractivity contribution is -0.137. The lowest BCUT2D eigenvalue weighted by Crippen LogP contribution is -2.39. The van der Waals surface area contributed by atoms with Crippen LogP contribution in [-0.2, 0) is 23.9 Å². The van der Waals surface area contributed by atoms with Gasteiger partial charge in [0, 0.05) is 25.3 Å². The zero-order valence-electron chi connectivity index (χ0n) is 24.1. The maximum absolute atomic E-state index is 12.8. The van der Waals surface area contributed by atoms with Gasteiger partial charge in [-0.25, -0.2) is 0 Å². The molecule has 12 nitrogen and oxygen atoms in total. The number of carbonyl (C=O) groups excluding carboxylic acids is 2. The molecule has 0 atom stereocenters. The van der Waals surface area contributed by atoms with Crippen molar-refractivity contribution in [2.45, 2.75) is 38.0 Å². The molecule has 5 aromatic rings. The minimum Gasteiger partial charge on any atom is -0.357 e. The summed E-state index contributed by atoms with van der Waals surface area (Å²) < 4.78 is 39.9. The van der Waals surface area contributed by atoms with Crippen LogP contribution in [0.15, 0.2) is 66.9 Å². The van der Waals surface area contributed by atoms with E-state index in [1.807, 2.05) is 30.3 Å². The third kappa shape index (κ3) is 8.02. The number of piperidine rings is 1. The van der Waals surface area contributed by atoms with E-state index < -0.39 is 17.6 Å². The van der Waals surface area contributed by atoms with Gasteiger partial charge < -0.3 is 15.5 Å². The number of amides is 2. The van der Waals surface area contributed by atoms with E-state index in [2.05, 4.69) is 46.3 Å². The van der Waals surface area contributed by atoms with Crippen LogP contribution in [0.25, 0.3) is 0 Å². The molecular formula is C29H27F3N10O2S2. The Labute approximate surface area is 268 Å². The quantitative estimate of drug-likeness (QED) is 0.184. The van der Waals surface area contributed by atoms with Gasteiger partial charge in [0.05, 0.1) is 18.5 Å². The smallest absolute Gasteiger partial charge is 0.357 e. The highest BCUT2D eigenvalue weighted by molar-refractivity contribution is 7.19. The van der Waals surface area contributed by atoms with E-state index >= 15 is 0 Å². The number of carbonyl (C=O) groups is 2. The number of aromatic nitrogens is 6. The summed E-state index contributed by atoms with van der Waals surface area (Å²) in [4.78, 5) is 27.2. The van der Waals surface area contributed by atoms with Gasteiger partial charge in [0.2, 0.25) is 26.4 Å². The molecule has 6 rings (SSSR count). The Morgan fingerprint density at radius 2 is 1.52 bits per heavy atom. The Kier molecular flexibility index (Phi) is 9.20. The number of nitrogens with zero attached hydrogens (tertiary/aromatic N) is 7. The minimum atomic E-state index is -4.40. The average molecular weight is 669 g/mol. The molecule has 3 N–H and O–H groups in total. The maximum Gasteiger partial charge on any atom is 0.416 e. The monoisotopic (exact) mass is 668 g/mol. The van der Waals surface area contributed by atoms with Crippen LogP contribution < -0.4 is 20.9 Å². The fourth-order valence-electron chi connectivity index (χ4n) is 4.78. The number of benzene rings is 2. The van der Waals surface area contributed by atoms with Crippen LogP contribution in [0.3, 0.4) is 0 Å².